The maximum atomic E-state index is 11.7. The van der Waals surface area contributed by atoms with Crippen molar-refractivity contribution in [2.75, 3.05) is 13.1 Å². The van der Waals surface area contributed by atoms with Crippen LogP contribution in [-0.2, 0) is 13.1 Å². The lowest BCUT2D eigenvalue weighted by Crippen LogP contribution is -2.49. The van der Waals surface area contributed by atoms with Crippen LogP contribution < -0.4 is 5.56 Å². The topological polar surface area (TPSA) is 63.9 Å². The fourth-order valence-electron chi connectivity index (χ4n) is 3.28. The van der Waals surface area contributed by atoms with Gasteiger partial charge in [0.15, 0.2) is 0 Å². The summed E-state index contributed by atoms with van der Waals surface area (Å²) in [5.41, 5.74) is 1.09. The molecule has 1 saturated heterocycles. The van der Waals surface area contributed by atoms with Crippen molar-refractivity contribution in [1.29, 1.82) is 0 Å². The summed E-state index contributed by atoms with van der Waals surface area (Å²) in [5, 5.41) is 4.12. The van der Waals surface area contributed by atoms with Gasteiger partial charge in [0.1, 0.15) is 5.82 Å². The van der Waals surface area contributed by atoms with Crippen molar-refractivity contribution in [3.63, 3.8) is 0 Å². The van der Waals surface area contributed by atoms with E-state index in [9.17, 15) is 4.79 Å². The van der Waals surface area contributed by atoms with Gasteiger partial charge in [0.25, 0.3) is 5.56 Å². The Labute approximate surface area is 135 Å². The van der Waals surface area contributed by atoms with Crippen LogP contribution in [-0.4, -0.2) is 37.7 Å². The SMILES string of the molecule is O=c1cccnn1CC1CN(Cc2ccnc(C3CCC3)n2)C1. The van der Waals surface area contributed by atoms with Crippen LogP contribution in [0.15, 0.2) is 35.4 Å². The summed E-state index contributed by atoms with van der Waals surface area (Å²) in [7, 11) is 0. The number of hydrogen-bond donors (Lipinski definition) is 0. The van der Waals surface area contributed by atoms with E-state index in [1.165, 1.54) is 19.3 Å². The predicted octanol–water partition coefficient (Wildman–Crippen LogP) is 1.43. The van der Waals surface area contributed by atoms with Crippen molar-refractivity contribution in [2.24, 2.45) is 5.92 Å². The van der Waals surface area contributed by atoms with Gasteiger partial charge in [-0.1, -0.05) is 6.42 Å². The largest absolute Gasteiger partial charge is 0.297 e. The molecule has 2 fully saturated rings. The third-order valence-electron chi connectivity index (χ3n) is 4.84. The van der Waals surface area contributed by atoms with Gasteiger partial charge in [-0.2, -0.15) is 5.10 Å². The molecular formula is C17H21N5O. The van der Waals surface area contributed by atoms with Crippen LogP contribution in [0.5, 0.6) is 0 Å². The van der Waals surface area contributed by atoms with E-state index >= 15 is 0 Å². The molecule has 2 aromatic rings. The van der Waals surface area contributed by atoms with Gasteiger partial charge in [-0.15, -0.1) is 0 Å². The van der Waals surface area contributed by atoms with Crippen LogP contribution in [0.1, 0.15) is 36.7 Å². The smallest absolute Gasteiger partial charge is 0.266 e. The molecule has 23 heavy (non-hydrogen) atoms. The fourth-order valence-corrected chi connectivity index (χ4v) is 3.28. The Morgan fingerprint density at radius 1 is 1.17 bits per heavy atom. The first-order valence-electron chi connectivity index (χ1n) is 8.34. The van der Waals surface area contributed by atoms with Crippen LogP contribution in [0.25, 0.3) is 0 Å². The molecule has 0 spiro atoms. The van der Waals surface area contributed by atoms with E-state index < -0.39 is 0 Å². The third kappa shape index (κ3) is 3.17. The minimum Gasteiger partial charge on any atom is -0.297 e. The van der Waals surface area contributed by atoms with Crippen LogP contribution in [0.4, 0.5) is 0 Å². The lowest BCUT2D eigenvalue weighted by molar-refractivity contribution is 0.0752. The highest BCUT2D eigenvalue weighted by Gasteiger charge is 2.28. The zero-order valence-corrected chi connectivity index (χ0v) is 13.1. The number of likely N-dealkylation sites (tertiary alicyclic amines) is 1. The predicted molar refractivity (Wildman–Crippen MR) is 85.9 cm³/mol. The molecular weight excluding hydrogens is 290 g/mol. The molecule has 0 amide bonds. The molecule has 4 rings (SSSR count). The normalized spacial score (nSPS) is 19.3. The molecule has 1 saturated carbocycles. The summed E-state index contributed by atoms with van der Waals surface area (Å²) in [6.07, 6.45) is 7.32. The Balaban J connectivity index is 1.31. The van der Waals surface area contributed by atoms with Crippen molar-refractivity contribution in [3.05, 3.63) is 52.5 Å². The molecule has 0 bridgehead atoms. The van der Waals surface area contributed by atoms with E-state index in [1.807, 2.05) is 12.3 Å². The third-order valence-corrected chi connectivity index (χ3v) is 4.84. The molecule has 0 N–H and O–H groups in total. The van der Waals surface area contributed by atoms with Gasteiger partial charge in [-0.05, 0) is 25.0 Å². The van der Waals surface area contributed by atoms with E-state index in [0.717, 1.165) is 31.2 Å². The second-order valence-corrected chi connectivity index (χ2v) is 6.64. The molecule has 1 aliphatic carbocycles. The van der Waals surface area contributed by atoms with Gasteiger partial charge in [-0.3, -0.25) is 9.69 Å². The van der Waals surface area contributed by atoms with Crippen molar-refractivity contribution >= 4 is 0 Å². The summed E-state index contributed by atoms with van der Waals surface area (Å²) < 4.78 is 1.56. The van der Waals surface area contributed by atoms with E-state index in [0.29, 0.717) is 18.4 Å². The van der Waals surface area contributed by atoms with Crippen molar-refractivity contribution < 1.29 is 0 Å². The summed E-state index contributed by atoms with van der Waals surface area (Å²) in [4.78, 5) is 23.2. The average molecular weight is 311 g/mol. The summed E-state index contributed by atoms with van der Waals surface area (Å²) in [6, 6.07) is 5.26. The van der Waals surface area contributed by atoms with E-state index in [2.05, 4.69) is 15.0 Å². The fraction of sp³-hybridized carbons (Fsp3) is 0.529. The van der Waals surface area contributed by atoms with E-state index in [4.69, 9.17) is 4.98 Å². The monoisotopic (exact) mass is 311 g/mol. The number of rotatable bonds is 5. The Hall–Kier alpha value is -2.08. The Morgan fingerprint density at radius 2 is 2.04 bits per heavy atom. The van der Waals surface area contributed by atoms with Gasteiger partial charge in [0, 0.05) is 49.9 Å². The van der Waals surface area contributed by atoms with Crippen molar-refractivity contribution in [3.8, 4) is 0 Å². The van der Waals surface area contributed by atoms with E-state index in [1.54, 1.807) is 23.0 Å². The molecule has 0 atom stereocenters. The van der Waals surface area contributed by atoms with Gasteiger partial charge >= 0.3 is 0 Å². The first kappa shape index (κ1) is 14.5. The highest BCUT2D eigenvalue weighted by molar-refractivity contribution is 5.08. The minimum absolute atomic E-state index is 0.0214. The van der Waals surface area contributed by atoms with Crippen molar-refractivity contribution in [1.82, 2.24) is 24.6 Å². The molecule has 2 aliphatic rings. The Bertz CT molecular complexity index is 734. The highest BCUT2D eigenvalue weighted by Crippen LogP contribution is 2.34. The Morgan fingerprint density at radius 3 is 2.78 bits per heavy atom. The number of aromatic nitrogens is 4. The second kappa shape index (κ2) is 6.20. The highest BCUT2D eigenvalue weighted by atomic mass is 16.1. The first-order valence-corrected chi connectivity index (χ1v) is 8.34. The number of hydrogen-bond acceptors (Lipinski definition) is 5. The van der Waals surface area contributed by atoms with Gasteiger partial charge in [-0.25, -0.2) is 14.6 Å². The van der Waals surface area contributed by atoms with Crippen LogP contribution in [0.2, 0.25) is 0 Å². The van der Waals surface area contributed by atoms with Crippen LogP contribution >= 0.6 is 0 Å². The van der Waals surface area contributed by atoms with Gasteiger partial charge in [0.2, 0.25) is 0 Å². The lowest BCUT2D eigenvalue weighted by Gasteiger charge is -2.39. The summed E-state index contributed by atoms with van der Waals surface area (Å²) in [5.74, 6) is 2.09. The summed E-state index contributed by atoms with van der Waals surface area (Å²) in [6.45, 7) is 3.56. The standard InChI is InChI=1S/C17H21N5O/c23-16-5-2-7-19-22(16)11-13-9-21(10-13)12-15-6-8-18-17(20-15)14-3-1-4-14/h2,5-8,13-14H,1,3-4,9-12H2. The maximum Gasteiger partial charge on any atom is 0.266 e. The molecule has 120 valence electrons. The quantitative estimate of drug-likeness (QED) is 0.836. The first-order chi connectivity index (χ1) is 11.3. The Kier molecular flexibility index (Phi) is 3.91. The molecule has 6 heteroatoms. The molecule has 2 aromatic heterocycles. The van der Waals surface area contributed by atoms with Crippen LogP contribution in [0, 0.1) is 5.92 Å². The molecule has 6 nitrogen and oxygen atoms in total. The van der Waals surface area contributed by atoms with Gasteiger partial charge in [0.05, 0.1) is 12.2 Å². The van der Waals surface area contributed by atoms with E-state index in [-0.39, 0.29) is 5.56 Å². The average Bonchev–Trinajstić information content (AvgIpc) is 2.46. The zero-order valence-electron chi connectivity index (χ0n) is 13.1. The minimum atomic E-state index is -0.0214. The second-order valence-electron chi connectivity index (χ2n) is 6.64. The van der Waals surface area contributed by atoms with Crippen molar-refractivity contribution in [2.45, 2.75) is 38.3 Å². The maximum absolute atomic E-state index is 11.7. The summed E-state index contributed by atoms with van der Waals surface area (Å²) >= 11 is 0. The van der Waals surface area contributed by atoms with Crippen LogP contribution in [0.3, 0.4) is 0 Å². The molecule has 1 aliphatic heterocycles. The molecule has 3 heterocycles. The zero-order chi connectivity index (χ0) is 15.6. The number of nitrogens with zero attached hydrogens (tertiary/aromatic N) is 5. The molecule has 0 radical (unpaired) electrons. The van der Waals surface area contributed by atoms with Gasteiger partial charge < -0.3 is 0 Å². The molecule has 0 aromatic carbocycles. The molecule has 0 unspecified atom stereocenters. The lowest BCUT2D eigenvalue weighted by atomic mass is 9.85.